The molecule has 10 nitrogen and oxygen atoms in total. The van der Waals surface area contributed by atoms with Crippen LogP contribution < -0.4 is 21.2 Å². The van der Waals surface area contributed by atoms with Gasteiger partial charge in [0, 0.05) is 0 Å². The highest BCUT2D eigenvalue weighted by Crippen LogP contribution is 2.02. The maximum Gasteiger partial charge on any atom is 0.322 e. The van der Waals surface area contributed by atoms with Crippen molar-refractivity contribution in [3.05, 3.63) is 16.7 Å². The van der Waals surface area contributed by atoms with Gasteiger partial charge in [-0.3, -0.25) is 23.9 Å². The van der Waals surface area contributed by atoms with Gasteiger partial charge >= 0.3 is 11.6 Å². The molecule has 2 heterocycles. The van der Waals surface area contributed by atoms with Crippen molar-refractivity contribution >= 4 is 29.0 Å². The molecule has 0 aromatic carbocycles. The molecule has 5 N–H and O–H groups in total. The molecule has 0 unspecified atom stereocenters. The number of nitrogens with two attached hydrogens (primary N) is 1. The summed E-state index contributed by atoms with van der Waals surface area (Å²) < 4.78 is 2.92. The van der Waals surface area contributed by atoms with Crippen LogP contribution in [0.25, 0.3) is 11.2 Å². The summed E-state index contributed by atoms with van der Waals surface area (Å²) in [5, 5.41) is 10.7. The molecule has 0 aliphatic carbocycles. The van der Waals surface area contributed by atoms with Crippen LogP contribution >= 0.6 is 0 Å². The number of amides is 1. The Morgan fingerprint density at radius 2 is 2.30 bits per heavy atom. The molecule has 0 aliphatic heterocycles. The fourth-order valence-electron chi connectivity index (χ4n) is 1.81. The number of aromatic amines is 1. The van der Waals surface area contributed by atoms with Crippen LogP contribution in [0.1, 0.15) is 0 Å². The van der Waals surface area contributed by atoms with Crippen LogP contribution in [0, 0.1) is 0 Å². The molecular weight excluding hydrogens is 268 g/mol. The third-order valence-corrected chi connectivity index (χ3v) is 2.58. The third kappa shape index (κ3) is 2.58. The van der Waals surface area contributed by atoms with Crippen LogP contribution in [0.4, 0.5) is 5.95 Å². The fourth-order valence-corrected chi connectivity index (χ4v) is 1.81. The molecule has 1 amide bonds. The second-order valence-electron chi connectivity index (χ2n) is 4.15. The molecular formula is C10H13N6O4+. The van der Waals surface area contributed by atoms with E-state index >= 15 is 0 Å². The second-order valence-corrected chi connectivity index (χ2v) is 4.15. The second kappa shape index (κ2) is 4.99. The van der Waals surface area contributed by atoms with E-state index in [1.54, 1.807) is 7.05 Å². The van der Waals surface area contributed by atoms with Gasteiger partial charge < -0.3 is 16.2 Å². The number of nitrogens with zero attached hydrogens (tertiary/aromatic N) is 3. The van der Waals surface area contributed by atoms with Crippen molar-refractivity contribution in [3.8, 4) is 0 Å². The summed E-state index contributed by atoms with van der Waals surface area (Å²) in [4.78, 5) is 40.0. The number of aliphatic carboxylic acids is 1. The van der Waals surface area contributed by atoms with E-state index in [1.807, 2.05) is 0 Å². The molecule has 0 radical (unpaired) electrons. The molecule has 2 aromatic heterocycles. The number of rotatable bonds is 4. The molecule has 0 fully saturated rings. The number of nitrogen functional groups attached to an aromatic ring is 1. The number of hydrogen-bond donors (Lipinski definition) is 4. The van der Waals surface area contributed by atoms with Gasteiger partial charge in [0.25, 0.3) is 17.4 Å². The summed E-state index contributed by atoms with van der Waals surface area (Å²) in [6.45, 7) is -0.638. The van der Waals surface area contributed by atoms with Crippen molar-refractivity contribution in [1.82, 2.24) is 19.9 Å². The van der Waals surface area contributed by atoms with E-state index in [2.05, 4.69) is 15.3 Å². The van der Waals surface area contributed by atoms with Gasteiger partial charge in [0.15, 0.2) is 12.9 Å². The summed E-state index contributed by atoms with van der Waals surface area (Å²) in [6.07, 6.45) is 1.51. The molecule has 20 heavy (non-hydrogen) atoms. The Morgan fingerprint density at radius 3 is 2.95 bits per heavy atom. The first kappa shape index (κ1) is 13.5. The Kier molecular flexibility index (Phi) is 3.37. The minimum absolute atomic E-state index is 0.0617. The van der Waals surface area contributed by atoms with Crippen LogP contribution in [0.5, 0.6) is 0 Å². The lowest BCUT2D eigenvalue weighted by atomic mass is 10.5. The maximum atomic E-state index is 11.7. The fraction of sp³-hybridized carbons (Fsp3) is 0.300. The Bertz CT molecular complexity index is 746. The zero-order valence-electron chi connectivity index (χ0n) is 10.6. The Labute approximate surface area is 111 Å². The van der Waals surface area contributed by atoms with Crippen molar-refractivity contribution in [2.24, 2.45) is 7.05 Å². The zero-order valence-corrected chi connectivity index (χ0v) is 10.6. The van der Waals surface area contributed by atoms with Crippen LogP contribution in [-0.2, 0) is 23.2 Å². The van der Waals surface area contributed by atoms with Gasteiger partial charge in [-0.25, -0.2) is 4.57 Å². The number of nitrogens with one attached hydrogen (secondary N) is 2. The average molecular weight is 281 g/mol. The van der Waals surface area contributed by atoms with Crippen LogP contribution in [-0.4, -0.2) is 38.1 Å². The number of imidazole rings is 1. The van der Waals surface area contributed by atoms with Gasteiger partial charge in [0.1, 0.15) is 6.54 Å². The zero-order chi connectivity index (χ0) is 14.9. The number of hydrogen-bond acceptors (Lipinski definition) is 5. The smallest absolute Gasteiger partial charge is 0.322 e. The maximum absolute atomic E-state index is 11.7. The summed E-state index contributed by atoms with van der Waals surface area (Å²) in [5.74, 6) is -1.71. The van der Waals surface area contributed by atoms with E-state index in [9.17, 15) is 14.4 Å². The van der Waals surface area contributed by atoms with Crippen molar-refractivity contribution in [3.63, 3.8) is 0 Å². The number of carboxylic acid groups (broad SMARTS) is 1. The lowest BCUT2D eigenvalue weighted by molar-refractivity contribution is -0.661. The lowest BCUT2D eigenvalue weighted by Gasteiger charge is -2.00. The third-order valence-electron chi connectivity index (χ3n) is 2.58. The molecule has 0 bridgehead atoms. The molecule has 0 aliphatic rings. The minimum Gasteiger partial charge on any atom is -0.480 e. The molecule has 0 saturated heterocycles. The number of carboxylic acids is 1. The molecule has 0 saturated carbocycles. The van der Waals surface area contributed by atoms with E-state index in [0.717, 1.165) is 0 Å². The van der Waals surface area contributed by atoms with Gasteiger partial charge in [0.2, 0.25) is 5.52 Å². The van der Waals surface area contributed by atoms with Crippen molar-refractivity contribution < 1.29 is 19.3 Å². The first-order valence-corrected chi connectivity index (χ1v) is 5.61. The van der Waals surface area contributed by atoms with Crippen molar-refractivity contribution in [2.75, 3.05) is 12.3 Å². The Hall–Kier alpha value is -2.91. The normalized spacial score (nSPS) is 10.7. The van der Waals surface area contributed by atoms with Crippen LogP contribution in [0.3, 0.4) is 0 Å². The SMILES string of the molecule is Cn1c[n+](CC(=O)NCC(=O)O)c2nc(N)[nH]c(=O)c21. The highest BCUT2D eigenvalue weighted by molar-refractivity contribution is 5.80. The number of fused-ring (bicyclic) bond motifs is 1. The van der Waals surface area contributed by atoms with Gasteiger partial charge in [-0.1, -0.05) is 4.98 Å². The predicted molar refractivity (Wildman–Crippen MR) is 66.6 cm³/mol. The molecule has 2 rings (SSSR count). The summed E-state index contributed by atoms with van der Waals surface area (Å²) in [7, 11) is 1.63. The van der Waals surface area contributed by atoms with Crippen molar-refractivity contribution in [2.45, 2.75) is 6.54 Å². The summed E-state index contributed by atoms with van der Waals surface area (Å²) in [5.41, 5.74) is 5.57. The molecule has 106 valence electrons. The van der Waals surface area contributed by atoms with E-state index < -0.39 is 24.0 Å². The van der Waals surface area contributed by atoms with Gasteiger partial charge in [-0.05, 0) is 0 Å². The molecule has 0 atom stereocenters. The quantitative estimate of drug-likeness (QED) is 0.449. The average Bonchev–Trinajstić information content (AvgIpc) is 2.63. The highest BCUT2D eigenvalue weighted by atomic mass is 16.4. The molecule has 0 spiro atoms. The predicted octanol–water partition coefficient (Wildman–Crippen LogP) is -2.67. The minimum atomic E-state index is -1.14. The summed E-state index contributed by atoms with van der Waals surface area (Å²) in [6, 6.07) is 0. The molecule has 2 aromatic rings. The standard InChI is InChI=1S/C10H12N6O4/c1-15-4-16(3-5(17)12-2-6(18)19)8-7(15)9(20)14-10(11)13-8/h4H,2-3H2,1H3,(H4-,11,12,13,14,17,18,19,20)/p+1. The van der Waals surface area contributed by atoms with E-state index in [0.29, 0.717) is 0 Å². The number of H-pyrrole nitrogens is 1. The number of anilines is 1. The first-order valence-electron chi connectivity index (χ1n) is 5.61. The number of aryl methyl sites for hydroxylation is 1. The largest absolute Gasteiger partial charge is 0.480 e. The summed E-state index contributed by atoms with van der Waals surface area (Å²) >= 11 is 0. The van der Waals surface area contributed by atoms with Gasteiger partial charge in [-0.15, -0.1) is 0 Å². The lowest BCUT2D eigenvalue weighted by Crippen LogP contribution is -2.44. The Morgan fingerprint density at radius 1 is 1.60 bits per heavy atom. The topological polar surface area (TPSA) is 147 Å². The molecule has 10 heteroatoms. The number of carbonyl (C=O) groups excluding carboxylic acids is 1. The number of carbonyl (C=O) groups is 2. The monoisotopic (exact) mass is 281 g/mol. The van der Waals surface area contributed by atoms with Crippen LogP contribution in [0.2, 0.25) is 0 Å². The van der Waals surface area contributed by atoms with Crippen LogP contribution in [0.15, 0.2) is 11.1 Å². The first-order chi connectivity index (χ1) is 9.38. The van der Waals surface area contributed by atoms with Gasteiger partial charge in [-0.2, -0.15) is 0 Å². The van der Waals surface area contributed by atoms with Crippen molar-refractivity contribution in [1.29, 1.82) is 0 Å². The number of aromatic nitrogens is 4. The van der Waals surface area contributed by atoms with E-state index in [1.165, 1.54) is 15.5 Å². The highest BCUT2D eigenvalue weighted by Gasteiger charge is 2.21. The Balaban J connectivity index is 2.34. The van der Waals surface area contributed by atoms with Gasteiger partial charge in [0.05, 0.1) is 7.05 Å². The van der Waals surface area contributed by atoms with E-state index in [4.69, 9.17) is 10.8 Å². The van der Waals surface area contributed by atoms with E-state index in [-0.39, 0.29) is 23.7 Å².